The van der Waals surface area contributed by atoms with E-state index in [9.17, 15) is 18.0 Å². The van der Waals surface area contributed by atoms with Gasteiger partial charge in [0.25, 0.3) is 0 Å². The minimum atomic E-state index is -4.62. The fourth-order valence-electron chi connectivity index (χ4n) is 1.28. The Kier molecular flexibility index (Phi) is 5.00. The van der Waals surface area contributed by atoms with Crippen molar-refractivity contribution in [1.29, 1.82) is 0 Å². The first-order valence-electron chi connectivity index (χ1n) is 5.30. The van der Waals surface area contributed by atoms with E-state index in [2.05, 4.69) is 20.8 Å². The maximum Gasteiger partial charge on any atom is 0.445 e. The van der Waals surface area contributed by atoms with Gasteiger partial charge in [0.05, 0.1) is 15.1 Å². The van der Waals surface area contributed by atoms with Crippen LogP contribution >= 0.6 is 46.1 Å². The highest BCUT2D eigenvalue weighted by atomic mass is 35.5. The van der Waals surface area contributed by atoms with Crippen LogP contribution < -0.4 is 10.6 Å². The van der Waals surface area contributed by atoms with E-state index in [4.69, 9.17) is 34.8 Å². The van der Waals surface area contributed by atoms with Gasteiger partial charge in [-0.2, -0.15) is 13.2 Å². The molecule has 0 aliphatic carbocycles. The molecule has 2 aromatic rings. The van der Waals surface area contributed by atoms with Crippen LogP contribution in [-0.2, 0) is 6.18 Å². The van der Waals surface area contributed by atoms with Crippen LogP contribution in [0.3, 0.4) is 0 Å². The number of carbonyl (C=O) groups excluding carboxylic acids is 1. The summed E-state index contributed by atoms with van der Waals surface area (Å²) >= 11 is 17.5. The molecule has 0 bridgehead atoms. The average Bonchev–Trinajstić information content (AvgIpc) is 2.84. The molecule has 0 aliphatic heterocycles. The monoisotopic (exact) mass is 390 g/mol. The van der Waals surface area contributed by atoms with Crippen molar-refractivity contribution >= 4 is 63.0 Å². The first-order valence-corrected chi connectivity index (χ1v) is 7.25. The number of carbonyl (C=O) groups is 1. The molecule has 0 spiro atoms. The van der Waals surface area contributed by atoms with Gasteiger partial charge in [-0.05, 0) is 12.1 Å². The van der Waals surface area contributed by atoms with Crippen molar-refractivity contribution in [1.82, 2.24) is 10.2 Å². The third-order valence-electron chi connectivity index (χ3n) is 2.13. The summed E-state index contributed by atoms with van der Waals surface area (Å²) in [6.07, 6.45) is -4.62. The zero-order valence-electron chi connectivity index (χ0n) is 10.1. The minimum Gasteiger partial charge on any atom is -0.308 e. The lowest BCUT2D eigenvalue weighted by atomic mass is 10.3. The number of anilines is 2. The standard InChI is InChI=1S/C10H4Cl3F3N4OS/c11-4-1-3(2-5(12)6(4)13)17-8(21)18-9-20-19-7(22-9)10(14,15)16/h1-2H,(H2,17,18,20,21). The summed E-state index contributed by atoms with van der Waals surface area (Å²) < 4.78 is 37.0. The fourth-order valence-corrected chi connectivity index (χ4v) is 2.48. The highest BCUT2D eigenvalue weighted by Gasteiger charge is 2.35. The highest BCUT2D eigenvalue weighted by Crippen LogP contribution is 2.34. The minimum absolute atomic E-state index is 0.111. The SMILES string of the molecule is O=C(Nc1cc(Cl)c(Cl)c(Cl)c1)Nc1nnc(C(F)(F)F)s1. The van der Waals surface area contributed by atoms with Crippen molar-refractivity contribution in [3.05, 3.63) is 32.2 Å². The molecule has 0 saturated heterocycles. The number of hydrogen-bond donors (Lipinski definition) is 2. The Morgan fingerprint density at radius 1 is 1.09 bits per heavy atom. The van der Waals surface area contributed by atoms with Gasteiger partial charge in [0.2, 0.25) is 10.1 Å². The Hall–Kier alpha value is -1.29. The summed E-state index contributed by atoms with van der Waals surface area (Å²) in [6.45, 7) is 0. The number of halogens is 6. The van der Waals surface area contributed by atoms with Gasteiger partial charge in [0.1, 0.15) is 0 Å². The van der Waals surface area contributed by atoms with Crippen molar-refractivity contribution in [2.45, 2.75) is 6.18 Å². The predicted molar refractivity (Wildman–Crippen MR) is 79.0 cm³/mol. The van der Waals surface area contributed by atoms with E-state index in [1.807, 2.05) is 0 Å². The molecule has 118 valence electrons. The molecule has 0 radical (unpaired) electrons. The number of nitrogens with one attached hydrogen (secondary N) is 2. The van der Waals surface area contributed by atoms with Gasteiger partial charge in [-0.3, -0.25) is 5.32 Å². The second-order valence-corrected chi connectivity index (χ2v) is 5.91. The topological polar surface area (TPSA) is 66.9 Å². The Morgan fingerprint density at radius 2 is 1.68 bits per heavy atom. The summed E-state index contributed by atoms with van der Waals surface area (Å²) in [5.74, 6) is 0. The number of hydrogen-bond acceptors (Lipinski definition) is 4. The first kappa shape index (κ1) is 17.1. The molecule has 0 atom stereocenters. The van der Waals surface area contributed by atoms with E-state index in [0.717, 1.165) is 0 Å². The van der Waals surface area contributed by atoms with Gasteiger partial charge in [-0.15, -0.1) is 10.2 Å². The Balaban J connectivity index is 2.06. The third kappa shape index (κ3) is 4.13. The fraction of sp³-hybridized carbons (Fsp3) is 0.100. The maximum absolute atomic E-state index is 12.3. The lowest BCUT2D eigenvalue weighted by molar-refractivity contribution is -0.138. The molecule has 1 aromatic carbocycles. The van der Waals surface area contributed by atoms with Gasteiger partial charge in [-0.1, -0.05) is 46.1 Å². The largest absolute Gasteiger partial charge is 0.445 e. The van der Waals surface area contributed by atoms with Gasteiger partial charge in [0, 0.05) is 5.69 Å². The number of urea groups is 1. The number of amides is 2. The van der Waals surface area contributed by atoms with Crippen LogP contribution in [0.1, 0.15) is 5.01 Å². The summed E-state index contributed by atoms with van der Waals surface area (Å²) in [4.78, 5) is 11.7. The van der Waals surface area contributed by atoms with Crippen molar-refractivity contribution in [3.63, 3.8) is 0 Å². The molecule has 0 saturated carbocycles. The van der Waals surface area contributed by atoms with Crippen LogP contribution in [0, 0.1) is 0 Å². The Bertz CT molecular complexity index is 699. The van der Waals surface area contributed by atoms with Gasteiger partial charge < -0.3 is 5.32 Å². The van der Waals surface area contributed by atoms with Crippen LogP contribution in [-0.4, -0.2) is 16.2 Å². The molecule has 0 unspecified atom stereocenters. The van der Waals surface area contributed by atoms with Crippen LogP contribution in [0.2, 0.25) is 15.1 Å². The van der Waals surface area contributed by atoms with E-state index in [0.29, 0.717) is 0 Å². The number of aromatic nitrogens is 2. The molecule has 1 heterocycles. The summed E-state index contributed by atoms with van der Waals surface area (Å²) in [5, 5.41) is 9.45. The van der Waals surface area contributed by atoms with Crippen LogP contribution in [0.4, 0.5) is 28.8 Å². The van der Waals surface area contributed by atoms with Crippen LogP contribution in [0.15, 0.2) is 12.1 Å². The van der Waals surface area contributed by atoms with E-state index in [1.165, 1.54) is 12.1 Å². The molecule has 2 rings (SSSR count). The lowest BCUT2D eigenvalue weighted by Gasteiger charge is -2.07. The Morgan fingerprint density at radius 3 is 2.18 bits per heavy atom. The zero-order valence-corrected chi connectivity index (χ0v) is 13.2. The summed E-state index contributed by atoms with van der Waals surface area (Å²) in [5.41, 5.74) is 0.206. The number of alkyl halides is 3. The second-order valence-electron chi connectivity index (χ2n) is 3.74. The normalized spacial score (nSPS) is 11.4. The maximum atomic E-state index is 12.3. The van der Waals surface area contributed by atoms with E-state index < -0.39 is 17.2 Å². The Labute approximate surface area is 140 Å². The molecule has 1 aromatic heterocycles. The molecule has 22 heavy (non-hydrogen) atoms. The smallest absolute Gasteiger partial charge is 0.308 e. The molecule has 2 amide bonds. The van der Waals surface area contributed by atoms with Crippen molar-refractivity contribution in [2.24, 2.45) is 0 Å². The number of nitrogens with zero attached hydrogens (tertiary/aromatic N) is 2. The number of benzene rings is 1. The molecular formula is C10H4Cl3F3N4OS. The van der Waals surface area contributed by atoms with Crippen LogP contribution in [0.5, 0.6) is 0 Å². The van der Waals surface area contributed by atoms with Crippen molar-refractivity contribution < 1.29 is 18.0 Å². The first-order chi connectivity index (χ1) is 10.2. The third-order valence-corrected chi connectivity index (χ3v) is 4.21. The summed E-state index contributed by atoms with van der Waals surface area (Å²) in [6, 6.07) is 1.83. The molecule has 5 nitrogen and oxygen atoms in total. The predicted octanol–water partition coefficient (Wildman–Crippen LogP) is 5.16. The highest BCUT2D eigenvalue weighted by molar-refractivity contribution is 7.15. The molecule has 2 N–H and O–H groups in total. The molecule has 12 heteroatoms. The van der Waals surface area contributed by atoms with Gasteiger partial charge >= 0.3 is 12.2 Å². The zero-order chi connectivity index (χ0) is 16.5. The molecule has 0 aliphatic rings. The lowest BCUT2D eigenvalue weighted by Crippen LogP contribution is -2.19. The van der Waals surface area contributed by atoms with E-state index in [-0.39, 0.29) is 37.2 Å². The summed E-state index contributed by atoms with van der Waals surface area (Å²) in [7, 11) is 0. The van der Waals surface area contributed by atoms with Crippen LogP contribution in [0.25, 0.3) is 0 Å². The van der Waals surface area contributed by atoms with Crippen molar-refractivity contribution in [2.75, 3.05) is 10.6 Å². The average molecular weight is 392 g/mol. The quantitative estimate of drug-likeness (QED) is 0.695. The molecular weight excluding hydrogens is 388 g/mol. The van der Waals surface area contributed by atoms with Gasteiger partial charge in [-0.25, -0.2) is 4.79 Å². The van der Waals surface area contributed by atoms with Crippen molar-refractivity contribution in [3.8, 4) is 0 Å². The van der Waals surface area contributed by atoms with E-state index >= 15 is 0 Å². The van der Waals surface area contributed by atoms with E-state index in [1.54, 1.807) is 0 Å². The number of rotatable bonds is 2. The second kappa shape index (κ2) is 6.45. The molecule has 0 fully saturated rings. The van der Waals surface area contributed by atoms with Gasteiger partial charge in [0.15, 0.2) is 0 Å².